The zero-order valence-corrected chi connectivity index (χ0v) is 31.0. The molecule has 0 bridgehead atoms. The second-order valence-corrected chi connectivity index (χ2v) is 14.3. The molecule has 5 aromatic rings. The van der Waals surface area contributed by atoms with Gasteiger partial charge in [0, 0.05) is 21.8 Å². The van der Waals surface area contributed by atoms with Crippen molar-refractivity contribution in [2.75, 3.05) is 16.0 Å². The molecule has 9 nitrogen and oxygen atoms in total. The maximum Gasteiger partial charge on any atom is 0.272 e. The molecule has 0 aliphatic rings. The van der Waals surface area contributed by atoms with Crippen LogP contribution in [0, 0.1) is 18.3 Å². The number of hydrogen-bond acceptors (Lipinski definition) is 7. The molecule has 4 N–H and O–H groups in total. The fourth-order valence-corrected chi connectivity index (χ4v) is 7.35. The summed E-state index contributed by atoms with van der Waals surface area (Å²) >= 11 is 14.9. The fraction of sp³-hybridized carbons (Fsp3) is 0.103. The van der Waals surface area contributed by atoms with Gasteiger partial charge in [0.15, 0.2) is 0 Å². The van der Waals surface area contributed by atoms with Gasteiger partial charge < -0.3 is 21.3 Å². The van der Waals surface area contributed by atoms with Crippen molar-refractivity contribution in [3.63, 3.8) is 0 Å². The zero-order chi connectivity index (χ0) is 37.2. The van der Waals surface area contributed by atoms with Crippen LogP contribution in [-0.2, 0) is 9.59 Å². The van der Waals surface area contributed by atoms with E-state index in [1.54, 1.807) is 104 Å². The van der Waals surface area contributed by atoms with Crippen molar-refractivity contribution in [1.82, 2.24) is 5.32 Å². The summed E-state index contributed by atoms with van der Waals surface area (Å²) in [7, 11) is 0. The number of rotatable bonds is 12. The summed E-state index contributed by atoms with van der Waals surface area (Å²) in [6, 6.07) is 31.4. The summed E-state index contributed by atoms with van der Waals surface area (Å²) < 4.78 is 0. The van der Waals surface area contributed by atoms with E-state index in [1.165, 1.54) is 17.8 Å². The molecule has 52 heavy (non-hydrogen) atoms. The van der Waals surface area contributed by atoms with E-state index in [1.807, 2.05) is 13.0 Å². The first-order valence-electron chi connectivity index (χ1n) is 15.9. The first kappa shape index (κ1) is 37.9. The predicted molar refractivity (Wildman–Crippen MR) is 210 cm³/mol. The molecular formula is C39H31Cl2N5O4S2. The highest BCUT2D eigenvalue weighted by atomic mass is 35.5. The van der Waals surface area contributed by atoms with E-state index in [0.717, 1.165) is 11.3 Å². The first-order valence-corrected chi connectivity index (χ1v) is 18.3. The van der Waals surface area contributed by atoms with Gasteiger partial charge in [0.2, 0.25) is 5.91 Å². The standard InChI is InChI=1S/C39H31Cl2N5O4S2/c1-3-32(37(49)46-39-29(22-42)23(2)34(52-39)38(50)43-26-15-8-5-9-16-26)51-28-18-11-17-27(21-28)44-36(48)31(20-25-14-10-19-30(40)33(25)41)45-35(47)24-12-6-4-7-13-24/h4-21,32H,3H2,1-2H3,(H,43,50)(H,44,48)(H,45,47)(H,46,49)/b31-20+. The topological polar surface area (TPSA) is 140 Å². The Labute approximate surface area is 319 Å². The molecule has 0 aliphatic carbocycles. The number of hydrogen-bond donors (Lipinski definition) is 4. The Morgan fingerprint density at radius 2 is 1.52 bits per heavy atom. The Kier molecular flexibility index (Phi) is 12.9. The van der Waals surface area contributed by atoms with Crippen LogP contribution in [0.1, 0.15) is 50.1 Å². The molecule has 0 aliphatic heterocycles. The normalized spacial score (nSPS) is 11.6. The third-order valence-electron chi connectivity index (χ3n) is 7.58. The summed E-state index contributed by atoms with van der Waals surface area (Å²) in [6.45, 7) is 3.54. The summed E-state index contributed by atoms with van der Waals surface area (Å²) in [5.41, 5.74) is 2.44. The molecule has 4 aromatic carbocycles. The first-order chi connectivity index (χ1) is 25.1. The highest BCUT2D eigenvalue weighted by Gasteiger charge is 2.25. The monoisotopic (exact) mass is 767 g/mol. The number of carbonyl (C=O) groups excluding carboxylic acids is 4. The molecule has 1 unspecified atom stereocenters. The zero-order valence-electron chi connectivity index (χ0n) is 27.8. The number of thiophene rings is 1. The number of carbonyl (C=O) groups is 4. The van der Waals surface area contributed by atoms with Crippen LogP contribution in [0.5, 0.6) is 0 Å². The maximum atomic E-state index is 13.6. The molecule has 4 amide bonds. The highest BCUT2D eigenvalue weighted by Crippen LogP contribution is 2.35. The van der Waals surface area contributed by atoms with Crippen molar-refractivity contribution < 1.29 is 19.2 Å². The van der Waals surface area contributed by atoms with Crippen LogP contribution in [0.4, 0.5) is 16.4 Å². The second kappa shape index (κ2) is 17.7. The average molecular weight is 769 g/mol. The number of nitriles is 1. The smallest absolute Gasteiger partial charge is 0.272 e. The van der Waals surface area contributed by atoms with Gasteiger partial charge in [0.25, 0.3) is 17.7 Å². The van der Waals surface area contributed by atoms with Crippen LogP contribution in [0.2, 0.25) is 10.0 Å². The third-order valence-corrected chi connectivity index (χ3v) is 11.0. The second-order valence-electron chi connectivity index (χ2n) is 11.2. The number of nitrogens with one attached hydrogen (secondary N) is 4. The number of nitrogens with zero attached hydrogens (tertiary/aromatic N) is 1. The molecule has 262 valence electrons. The maximum absolute atomic E-state index is 13.6. The molecule has 1 heterocycles. The molecule has 0 saturated heterocycles. The van der Waals surface area contributed by atoms with Crippen LogP contribution in [0.15, 0.2) is 114 Å². The van der Waals surface area contributed by atoms with Gasteiger partial charge in [-0.3, -0.25) is 19.2 Å². The van der Waals surface area contributed by atoms with E-state index in [0.29, 0.717) is 49.3 Å². The Bertz CT molecular complexity index is 2200. The third kappa shape index (κ3) is 9.48. The molecule has 0 saturated carbocycles. The summed E-state index contributed by atoms with van der Waals surface area (Å²) in [6.07, 6.45) is 1.89. The number of amides is 4. The van der Waals surface area contributed by atoms with Gasteiger partial charge in [-0.1, -0.05) is 84.7 Å². The molecule has 5 rings (SSSR count). The van der Waals surface area contributed by atoms with E-state index in [2.05, 4.69) is 27.3 Å². The van der Waals surface area contributed by atoms with E-state index in [4.69, 9.17) is 23.2 Å². The summed E-state index contributed by atoms with van der Waals surface area (Å²) in [5, 5.41) is 21.3. The number of thioether (sulfide) groups is 1. The Hall–Kier alpha value is -5.38. The molecule has 0 fully saturated rings. The van der Waals surface area contributed by atoms with Crippen molar-refractivity contribution in [3.8, 4) is 6.07 Å². The minimum absolute atomic E-state index is 0.0711. The van der Waals surface area contributed by atoms with Crippen LogP contribution in [0.25, 0.3) is 6.08 Å². The van der Waals surface area contributed by atoms with E-state index < -0.39 is 17.1 Å². The van der Waals surface area contributed by atoms with Gasteiger partial charge in [-0.2, -0.15) is 5.26 Å². The number of halogens is 2. The minimum Gasteiger partial charge on any atom is -0.321 e. The molecule has 0 spiro atoms. The summed E-state index contributed by atoms with van der Waals surface area (Å²) in [5.74, 6) is -1.83. The lowest BCUT2D eigenvalue weighted by molar-refractivity contribution is -0.116. The number of anilines is 3. The van der Waals surface area contributed by atoms with Gasteiger partial charge in [-0.15, -0.1) is 23.1 Å². The van der Waals surface area contributed by atoms with Crippen molar-refractivity contribution in [1.29, 1.82) is 5.26 Å². The van der Waals surface area contributed by atoms with Crippen LogP contribution in [0.3, 0.4) is 0 Å². The molecule has 1 aromatic heterocycles. The van der Waals surface area contributed by atoms with E-state index in [9.17, 15) is 24.4 Å². The van der Waals surface area contributed by atoms with Crippen LogP contribution in [-0.4, -0.2) is 28.9 Å². The number of benzene rings is 4. The largest absolute Gasteiger partial charge is 0.321 e. The SMILES string of the molecule is CCC(Sc1cccc(NC(=O)/C(=C\c2cccc(Cl)c2Cl)NC(=O)c2ccccc2)c1)C(=O)Nc1sc(C(=O)Nc2ccccc2)c(C)c1C#N. The van der Waals surface area contributed by atoms with Gasteiger partial charge in [0.1, 0.15) is 16.8 Å². The van der Waals surface area contributed by atoms with E-state index in [-0.39, 0.29) is 33.1 Å². The molecule has 0 radical (unpaired) electrons. The predicted octanol–water partition coefficient (Wildman–Crippen LogP) is 9.41. The Balaban J connectivity index is 1.31. The lowest BCUT2D eigenvalue weighted by Crippen LogP contribution is -2.30. The number of para-hydroxylation sites is 1. The molecule has 1 atom stereocenters. The van der Waals surface area contributed by atoms with E-state index >= 15 is 0 Å². The van der Waals surface area contributed by atoms with Crippen molar-refractivity contribution in [2.45, 2.75) is 30.4 Å². The van der Waals surface area contributed by atoms with Crippen molar-refractivity contribution in [3.05, 3.63) is 146 Å². The van der Waals surface area contributed by atoms with Crippen LogP contribution >= 0.6 is 46.3 Å². The molecule has 13 heteroatoms. The molecular weight excluding hydrogens is 737 g/mol. The fourth-order valence-electron chi connectivity index (χ4n) is 4.92. The van der Waals surface area contributed by atoms with Crippen molar-refractivity contribution in [2.24, 2.45) is 0 Å². The van der Waals surface area contributed by atoms with Gasteiger partial charge >= 0.3 is 0 Å². The van der Waals surface area contributed by atoms with Crippen LogP contribution < -0.4 is 21.3 Å². The quantitative estimate of drug-likeness (QED) is 0.0737. The van der Waals surface area contributed by atoms with Gasteiger partial charge in [-0.25, -0.2) is 0 Å². The summed E-state index contributed by atoms with van der Waals surface area (Å²) in [4.78, 5) is 54.2. The van der Waals surface area contributed by atoms with Gasteiger partial charge in [-0.05, 0) is 79.1 Å². The Morgan fingerprint density at radius 1 is 0.846 bits per heavy atom. The average Bonchev–Trinajstić information content (AvgIpc) is 3.47. The Morgan fingerprint density at radius 3 is 2.21 bits per heavy atom. The van der Waals surface area contributed by atoms with Gasteiger partial charge in [0.05, 0.1) is 25.7 Å². The lowest BCUT2D eigenvalue weighted by atomic mass is 10.1. The minimum atomic E-state index is -0.614. The van der Waals surface area contributed by atoms with Crippen molar-refractivity contribution >= 4 is 92.4 Å². The highest BCUT2D eigenvalue weighted by molar-refractivity contribution is 8.00. The lowest BCUT2D eigenvalue weighted by Gasteiger charge is -2.16.